The zero-order valence-electron chi connectivity index (χ0n) is 19.7. The van der Waals surface area contributed by atoms with Crippen molar-refractivity contribution < 1.29 is 35.5 Å². The van der Waals surface area contributed by atoms with Crippen LogP contribution in [0, 0.1) is 5.82 Å². The standard InChI is InChI=1S/C25H23F4N3O4S/c1-36-24-30-19(15-21(31-24)16-4-6-17(7-5-16)25(27,28)29)10-13-23(33)22-3-2-14-32(22)37(34,35)20-11-8-18(26)9-12-20/h4-9,11-12,15,22H,2-3,10,13-14H2,1H3/t22-/m0/s1. The van der Waals surface area contributed by atoms with E-state index in [0.717, 1.165) is 28.6 Å². The number of ketones is 1. The molecule has 0 N–H and O–H groups in total. The van der Waals surface area contributed by atoms with E-state index in [1.54, 1.807) is 6.07 Å². The second-order valence-corrected chi connectivity index (χ2v) is 10.4. The van der Waals surface area contributed by atoms with E-state index in [4.69, 9.17) is 4.74 Å². The van der Waals surface area contributed by atoms with Gasteiger partial charge in [-0.15, -0.1) is 0 Å². The third-order valence-corrected chi connectivity index (χ3v) is 7.99. The molecule has 196 valence electrons. The third-order valence-electron chi connectivity index (χ3n) is 6.07. The van der Waals surface area contributed by atoms with Gasteiger partial charge in [-0.25, -0.2) is 17.8 Å². The van der Waals surface area contributed by atoms with Crippen LogP contribution in [0.15, 0.2) is 59.5 Å². The molecule has 0 bridgehead atoms. The Labute approximate surface area is 211 Å². The summed E-state index contributed by atoms with van der Waals surface area (Å²) in [6.45, 7) is 0.176. The molecule has 1 aliphatic rings. The van der Waals surface area contributed by atoms with E-state index in [9.17, 15) is 30.8 Å². The molecule has 1 atom stereocenters. The van der Waals surface area contributed by atoms with Gasteiger partial charge in [0.15, 0.2) is 5.78 Å². The maximum Gasteiger partial charge on any atom is 0.416 e. The van der Waals surface area contributed by atoms with Crippen molar-refractivity contribution in [1.29, 1.82) is 0 Å². The van der Waals surface area contributed by atoms with Gasteiger partial charge in [-0.05, 0) is 61.7 Å². The number of sulfonamides is 1. The first-order valence-electron chi connectivity index (χ1n) is 11.4. The summed E-state index contributed by atoms with van der Waals surface area (Å²) in [5, 5.41) is 0. The van der Waals surface area contributed by atoms with E-state index in [0.29, 0.717) is 29.8 Å². The van der Waals surface area contributed by atoms with Crippen LogP contribution >= 0.6 is 0 Å². The molecule has 0 unspecified atom stereocenters. The van der Waals surface area contributed by atoms with Crippen molar-refractivity contribution in [2.75, 3.05) is 13.7 Å². The normalized spacial score (nSPS) is 16.6. The highest BCUT2D eigenvalue weighted by atomic mass is 32.2. The minimum atomic E-state index is -4.47. The molecule has 1 aromatic heterocycles. The third kappa shape index (κ3) is 5.96. The van der Waals surface area contributed by atoms with Crippen LogP contribution in [0.2, 0.25) is 0 Å². The molecule has 1 saturated heterocycles. The highest BCUT2D eigenvalue weighted by Crippen LogP contribution is 2.31. The number of alkyl halides is 3. The molecule has 7 nitrogen and oxygen atoms in total. The zero-order chi connectivity index (χ0) is 26.8. The van der Waals surface area contributed by atoms with E-state index in [1.807, 2.05) is 0 Å². The van der Waals surface area contributed by atoms with Crippen molar-refractivity contribution in [2.45, 2.75) is 42.8 Å². The molecule has 12 heteroatoms. The predicted octanol–water partition coefficient (Wildman–Crippen LogP) is 4.67. The zero-order valence-corrected chi connectivity index (χ0v) is 20.5. The van der Waals surface area contributed by atoms with Gasteiger partial charge in [-0.1, -0.05) is 12.1 Å². The number of carbonyl (C=O) groups is 1. The Kier molecular flexibility index (Phi) is 7.60. The summed E-state index contributed by atoms with van der Waals surface area (Å²) < 4.78 is 84.3. The lowest BCUT2D eigenvalue weighted by Crippen LogP contribution is -2.40. The van der Waals surface area contributed by atoms with Gasteiger partial charge in [0, 0.05) is 24.2 Å². The average molecular weight is 538 g/mol. The van der Waals surface area contributed by atoms with Gasteiger partial charge in [0.05, 0.1) is 29.3 Å². The fraction of sp³-hybridized carbons (Fsp3) is 0.320. The number of nitrogens with zero attached hydrogens (tertiary/aromatic N) is 3. The van der Waals surface area contributed by atoms with Crippen molar-refractivity contribution >= 4 is 15.8 Å². The summed E-state index contributed by atoms with van der Waals surface area (Å²) in [6, 6.07) is 9.60. The number of aromatic nitrogens is 2. The van der Waals surface area contributed by atoms with E-state index in [-0.39, 0.29) is 36.1 Å². The summed E-state index contributed by atoms with van der Waals surface area (Å²) in [6.07, 6.45) is -3.47. The lowest BCUT2D eigenvalue weighted by molar-refractivity contribution is -0.137. The SMILES string of the molecule is COc1nc(CCC(=O)[C@@H]2CCCN2S(=O)(=O)c2ccc(F)cc2)cc(-c2ccc(C(F)(F)F)cc2)n1. The fourth-order valence-corrected chi connectivity index (χ4v) is 5.86. The van der Waals surface area contributed by atoms with Crippen LogP contribution in [0.25, 0.3) is 11.3 Å². The van der Waals surface area contributed by atoms with Crippen LogP contribution < -0.4 is 4.74 Å². The summed E-state index contributed by atoms with van der Waals surface area (Å²) in [4.78, 5) is 21.4. The second-order valence-electron chi connectivity index (χ2n) is 8.50. The molecule has 1 aliphatic heterocycles. The number of rotatable bonds is 8. The number of hydrogen-bond acceptors (Lipinski definition) is 6. The summed E-state index contributed by atoms with van der Waals surface area (Å²) >= 11 is 0. The Bertz CT molecular complexity index is 1380. The largest absolute Gasteiger partial charge is 0.467 e. The fourth-order valence-electron chi connectivity index (χ4n) is 4.18. The molecular weight excluding hydrogens is 514 g/mol. The van der Waals surface area contributed by atoms with Gasteiger partial charge in [-0.2, -0.15) is 22.5 Å². The lowest BCUT2D eigenvalue weighted by Gasteiger charge is -2.23. The number of hydrogen-bond donors (Lipinski definition) is 0. The second kappa shape index (κ2) is 10.5. The van der Waals surface area contributed by atoms with Crippen LogP contribution in [0.1, 0.15) is 30.5 Å². The number of ether oxygens (including phenoxy) is 1. The highest BCUT2D eigenvalue weighted by Gasteiger charge is 2.39. The first kappa shape index (κ1) is 26.7. The van der Waals surface area contributed by atoms with Gasteiger partial charge < -0.3 is 4.74 Å². The molecule has 0 aliphatic carbocycles. The highest BCUT2D eigenvalue weighted by molar-refractivity contribution is 7.89. The van der Waals surface area contributed by atoms with Crippen molar-refractivity contribution in [3.8, 4) is 17.3 Å². The van der Waals surface area contributed by atoms with Crippen molar-refractivity contribution in [2.24, 2.45) is 0 Å². The van der Waals surface area contributed by atoms with Crippen LogP contribution in [0.4, 0.5) is 17.6 Å². The first-order valence-corrected chi connectivity index (χ1v) is 12.8. The van der Waals surface area contributed by atoms with Gasteiger partial charge in [-0.3, -0.25) is 4.79 Å². The molecule has 37 heavy (non-hydrogen) atoms. The maximum absolute atomic E-state index is 13.2. The Balaban J connectivity index is 1.50. The summed E-state index contributed by atoms with van der Waals surface area (Å²) in [7, 11) is -2.64. The summed E-state index contributed by atoms with van der Waals surface area (Å²) in [5.74, 6) is -0.860. The first-order chi connectivity index (χ1) is 17.5. The molecule has 3 aromatic rings. The van der Waals surface area contributed by atoms with Gasteiger partial charge >= 0.3 is 12.2 Å². The van der Waals surface area contributed by atoms with Gasteiger partial charge in [0.25, 0.3) is 0 Å². The minimum absolute atomic E-state index is 0.0128. The van der Waals surface area contributed by atoms with Gasteiger partial charge in [0.1, 0.15) is 5.82 Å². The molecule has 2 heterocycles. The smallest absolute Gasteiger partial charge is 0.416 e. The quantitative estimate of drug-likeness (QED) is 0.388. The number of benzene rings is 2. The van der Waals surface area contributed by atoms with E-state index in [2.05, 4.69) is 9.97 Å². The van der Waals surface area contributed by atoms with Crippen LogP contribution in [-0.2, 0) is 27.4 Å². The number of carbonyl (C=O) groups excluding carboxylic acids is 1. The molecule has 1 fully saturated rings. The Morgan fingerprint density at radius 3 is 2.38 bits per heavy atom. The molecular formula is C25H23F4N3O4S. The Hall–Kier alpha value is -3.38. The monoisotopic (exact) mass is 537 g/mol. The van der Waals surface area contributed by atoms with E-state index < -0.39 is 33.6 Å². The number of aryl methyl sites for hydroxylation is 1. The number of methoxy groups -OCH3 is 1. The van der Waals surface area contributed by atoms with Crippen LogP contribution in [-0.4, -0.2) is 48.2 Å². The number of Topliss-reactive ketones (excluding diaryl/α,β-unsaturated/α-hetero) is 1. The molecule has 0 saturated carbocycles. The Morgan fingerprint density at radius 1 is 1.08 bits per heavy atom. The van der Waals surface area contributed by atoms with E-state index >= 15 is 0 Å². The van der Waals surface area contributed by atoms with Crippen LogP contribution in [0.3, 0.4) is 0 Å². The van der Waals surface area contributed by atoms with Crippen molar-refractivity contribution in [1.82, 2.24) is 14.3 Å². The summed E-state index contributed by atoms with van der Waals surface area (Å²) in [5.41, 5.74) is 0.360. The van der Waals surface area contributed by atoms with E-state index in [1.165, 1.54) is 31.4 Å². The van der Waals surface area contributed by atoms with Crippen LogP contribution in [0.5, 0.6) is 6.01 Å². The molecule has 2 aromatic carbocycles. The molecule has 0 radical (unpaired) electrons. The lowest BCUT2D eigenvalue weighted by atomic mass is 10.0. The maximum atomic E-state index is 13.2. The predicted molar refractivity (Wildman–Crippen MR) is 126 cm³/mol. The topological polar surface area (TPSA) is 89.5 Å². The Morgan fingerprint density at radius 2 is 1.76 bits per heavy atom. The van der Waals surface area contributed by atoms with Crippen molar-refractivity contribution in [3.63, 3.8) is 0 Å². The number of halogens is 4. The molecule has 0 amide bonds. The molecule has 4 rings (SSSR count). The average Bonchev–Trinajstić information content (AvgIpc) is 3.38. The van der Waals surface area contributed by atoms with Crippen molar-refractivity contribution in [3.05, 3.63) is 71.7 Å². The molecule has 0 spiro atoms. The van der Waals surface area contributed by atoms with Gasteiger partial charge in [0.2, 0.25) is 10.0 Å². The minimum Gasteiger partial charge on any atom is -0.467 e.